The minimum absolute atomic E-state index is 0.131. The summed E-state index contributed by atoms with van der Waals surface area (Å²) in [6.45, 7) is 3.96. The van der Waals surface area contributed by atoms with E-state index in [2.05, 4.69) is 28.0 Å². The Morgan fingerprint density at radius 3 is 2.67 bits per heavy atom. The van der Waals surface area contributed by atoms with Crippen LogP contribution in [0.15, 0.2) is 42.7 Å². The van der Waals surface area contributed by atoms with Crippen molar-refractivity contribution >= 4 is 30.2 Å². The maximum absolute atomic E-state index is 12.6. The molecule has 1 amide bonds. The highest BCUT2D eigenvalue weighted by Gasteiger charge is 2.24. The summed E-state index contributed by atoms with van der Waals surface area (Å²) in [5, 5.41) is 6.94. The summed E-state index contributed by atoms with van der Waals surface area (Å²) in [4.78, 5) is 28.8. The molecule has 1 aromatic carbocycles. The summed E-state index contributed by atoms with van der Waals surface area (Å²) in [7, 11) is 0. The van der Waals surface area contributed by atoms with Crippen molar-refractivity contribution in [1.82, 2.24) is 19.9 Å². The van der Waals surface area contributed by atoms with Crippen LogP contribution < -0.4 is 5.32 Å². The Labute approximate surface area is 162 Å². The largest absolute Gasteiger partial charge is 0.464 e. The third-order valence-electron chi connectivity index (χ3n) is 4.05. The van der Waals surface area contributed by atoms with Crippen LogP contribution in [-0.4, -0.2) is 44.9 Å². The lowest BCUT2D eigenvalue weighted by Gasteiger charge is -2.14. The van der Waals surface area contributed by atoms with Crippen LogP contribution in [0.1, 0.15) is 22.8 Å². The van der Waals surface area contributed by atoms with Crippen molar-refractivity contribution < 1.29 is 14.3 Å². The lowest BCUT2D eigenvalue weighted by molar-refractivity contribution is -0.144. The van der Waals surface area contributed by atoms with Gasteiger partial charge in [-0.05, 0) is 19.9 Å². The number of aryl methyl sites for hydroxylation is 1. The average molecular weight is 384 g/mol. The van der Waals surface area contributed by atoms with Gasteiger partial charge in [0.05, 0.1) is 18.5 Å². The molecule has 8 heteroatoms. The molecule has 2 heterocycles. The minimum atomic E-state index is -0.837. The number of carbonyl (C=O) groups excluding carboxylic acids is 2. The van der Waals surface area contributed by atoms with Crippen LogP contribution in [0.25, 0.3) is 16.9 Å². The fourth-order valence-electron chi connectivity index (χ4n) is 2.65. The Hall–Kier alpha value is -2.87. The summed E-state index contributed by atoms with van der Waals surface area (Å²) < 4.78 is 6.56. The standard InChI is InChI=1S/C19H20N4O3S/c1-3-26-19(25)15(11-27)22-18(24)14-10-21-23-16(8-9-20-17(14)23)13-6-4-12(2)5-7-13/h4-10,15,27H,3,11H2,1-2H3,(H,22,24)/t15-/m0/s1. The Bertz CT molecular complexity index is 969. The number of carbonyl (C=O) groups is 2. The molecule has 140 valence electrons. The van der Waals surface area contributed by atoms with E-state index in [-0.39, 0.29) is 17.9 Å². The number of thiol groups is 1. The molecule has 0 aliphatic heterocycles. The molecule has 0 spiro atoms. The van der Waals surface area contributed by atoms with Crippen LogP contribution in [0.4, 0.5) is 0 Å². The Balaban J connectivity index is 1.92. The Morgan fingerprint density at radius 2 is 2.00 bits per heavy atom. The van der Waals surface area contributed by atoms with Gasteiger partial charge in [-0.25, -0.2) is 14.3 Å². The molecule has 7 nitrogen and oxygen atoms in total. The number of amides is 1. The van der Waals surface area contributed by atoms with Crippen LogP contribution in [0.5, 0.6) is 0 Å². The van der Waals surface area contributed by atoms with E-state index in [0.717, 1.165) is 16.8 Å². The van der Waals surface area contributed by atoms with E-state index in [4.69, 9.17) is 4.74 Å². The van der Waals surface area contributed by atoms with Crippen LogP contribution in [0.2, 0.25) is 0 Å². The summed E-state index contributed by atoms with van der Waals surface area (Å²) in [5.74, 6) is -0.845. The number of benzene rings is 1. The van der Waals surface area contributed by atoms with Gasteiger partial charge in [-0.1, -0.05) is 29.8 Å². The number of fused-ring (bicyclic) bond motifs is 1. The second kappa shape index (κ2) is 8.22. The number of hydrogen-bond acceptors (Lipinski definition) is 6. The third-order valence-corrected chi connectivity index (χ3v) is 4.42. The SMILES string of the molecule is CCOC(=O)[C@H](CS)NC(=O)c1cnn2c(-c3ccc(C)cc3)ccnc12. The normalized spacial score (nSPS) is 12.0. The summed E-state index contributed by atoms with van der Waals surface area (Å²) in [6.07, 6.45) is 3.07. The van der Waals surface area contributed by atoms with E-state index in [1.54, 1.807) is 17.6 Å². The number of esters is 1. The third kappa shape index (κ3) is 3.95. The topological polar surface area (TPSA) is 85.6 Å². The molecule has 3 rings (SSSR count). The first-order chi connectivity index (χ1) is 13.0. The van der Waals surface area contributed by atoms with Crippen molar-refractivity contribution in [3.05, 3.63) is 53.9 Å². The summed E-state index contributed by atoms with van der Waals surface area (Å²) in [6, 6.07) is 8.99. The first-order valence-electron chi connectivity index (χ1n) is 8.53. The minimum Gasteiger partial charge on any atom is -0.464 e. The van der Waals surface area contributed by atoms with Crippen molar-refractivity contribution in [2.75, 3.05) is 12.4 Å². The smallest absolute Gasteiger partial charge is 0.329 e. The van der Waals surface area contributed by atoms with Crippen molar-refractivity contribution in [2.45, 2.75) is 19.9 Å². The molecule has 1 N–H and O–H groups in total. The number of nitrogens with zero attached hydrogens (tertiary/aromatic N) is 3. The van der Waals surface area contributed by atoms with E-state index in [0.29, 0.717) is 5.65 Å². The maximum atomic E-state index is 12.6. The highest BCUT2D eigenvalue weighted by molar-refractivity contribution is 7.80. The quantitative estimate of drug-likeness (QED) is 0.503. The zero-order chi connectivity index (χ0) is 19.4. The van der Waals surface area contributed by atoms with Crippen molar-refractivity contribution in [1.29, 1.82) is 0 Å². The molecule has 0 bridgehead atoms. The van der Waals surface area contributed by atoms with Gasteiger partial charge < -0.3 is 10.1 Å². The van der Waals surface area contributed by atoms with Crippen molar-refractivity contribution in [2.24, 2.45) is 0 Å². The Morgan fingerprint density at radius 1 is 1.26 bits per heavy atom. The second-order valence-corrected chi connectivity index (χ2v) is 6.32. The lowest BCUT2D eigenvalue weighted by atomic mass is 10.1. The fraction of sp³-hybridized carbons (Fsp3) is 0.263. The molecule has 0 saturated heterocycles. The molecule has 0 aliphatic carbocycles. The highest BCUT2D eigenvalue weighted by Crippen LogP contribution is 2.21. The molecule has 0 radical (unpaired) electrons. The van der Waals surface area contributed by atoms with Crippen molar-refractivity contribution in [3.8, 4) is 11.3 Å². The van der Waals surface area contributed by atoms with Gasteiger partial charge in [0.25, 0.3) is 5.91 Å². The molecule has 0 aliphatic rings. The van der Waals surface area contributed by atoms with Crippen LogP contribution >= 0.6 is 12.6 Å². The molecule has 27 heavy (non-hydrogen) atoms. The molecule has 2 aromatic heterocycles. The average Bonchev–Trinajstić information content (AvgIpc) is 3.11. The van der Waals surface area contributed by atoms with Crippen LogP contribution in [-0.2, 0) is 9.53 Å². The predicted molar refractivity (Wildman–Crippen MR) is 105 cm³/mol. The first kappa shape index (κ1) is 18.9. The molecule has 0 fully saturated rings. The molecular weight excluding hydrogens is 364 g/mol. The molecule has 0 unspecified atom stereocenters. The monoisotopic (exact) mass is 384 g/mol. The first-order valence-corrected chi connectivity index (χ1v) is 9.16. The highest BCUT2D eigenvalue weighted by atomic mass is 32.1. The zero-order valence-electron chi connectivity index (χ0n) is 15.0. The number of ether oxygens (including phenoxy) is 1. The zero-order valence-corrected chi connectivity index (χ0v) is 15.9. The summed E-state index contributed by atoms with van der Waals surface area (Å²) >= 11 is 4.11. The second-order valence-electron chi connectivity index (χ2n) is 5.95. The van der Waals surface area contributed by atoms with Gasteiger partial charge in [0.2, 0.25) is 0 Å². The molecule has 1 atom stereocenters. The Kier molecular flexibility index (Phi) is 5.75. The predicted octanol–water partition coefficient (Wildman–Crippen LogP) is 2.30. The van der Waals surface area contributed by atoms with E-state index in [9.17, 15) is 9.59 Å². The van der Waals surface area contributed by atoms with Gasteiger partial charge in [0, 0.05) is 17.5 Å². The number of rotatable bonds is 6. The van der Waals surface area contributed by atoms with E-state index in [1.807, 2.05) is 37.3 Å². The van der Waals surface area contributed by atoms with Crippen LogP contribution in [0, 0.1) is 6.92 Å². The van der Waals surface area contributed by atoms with E-state index < -0.39 is 17.9 Å². The van der Waals surface area contributed by atoms with Gasteiger partial charge in [0.1, 0.15) is 11.6 Å². The molecule has 3 aromatic rings. The van der Waals surface area contributed by atoms with Crippen LogP contribution in [0.3, 0.4) is 0 Å². The maximum Gasteiger partial charge on any atom is 0.329 e. The molecular formula is C19H20N4O3S. The van der Waals surface area contributed by atoms with E-state index in [1.165, 1.54) is 6.20 Å². The van der Waals surface area contributed by atoms with Gasteiger partial charge >= 0.3 is 5.97 Å². The summed E-state index contributed by atoms with van der Waals surface area (Å²) in [5.41, 5.74) is 3.62. The lowest BCUT2D eigenvalue weighted by Crippen LogP contribution is -2.43. The number of hydrogen-bond donors (Lipinski definition) is 2. The van der Waals surface area contributed by atoms with Gasteiger partial charge in [0.15, 0.2) is 5.65 Å². The van der Waals surface area contributed by atoms with E-state index >= 15 is 0 Å². The van der Waals surface area contributed by atoms with Gasteiger partial charge in [-0.2, -0.15) is 17.7 Å². The number of aromatic nitrogens is 3. The molecule has 0 saturated carbocycles. The number of nitrogens with one attached hydrogen (secondary N) is 1. The van der Waals surface area contributed by atoms with Crippen molar-refractivity contribution in [3.63, 3.8) is 0 Å². The van der Waals surface area contributed by atoms with Gasteiger partial charge in [-0.15, -0.1) is 0 Å². The van der Waals surface area contributed by atoms with Gasteiger partial charge in [-0.3, -0.25) is 4.79 Å². The fourth-order valence-corrected chi connectivity index (χ4v) is 2.89.